The van der Waals surface area contributed by atoms with Crippen LogP contribution in [-0.2, 0) is 0 Å². The van der Waals surface area contributed by atoms with Crippen molar-refractivity contribution in [3.8, 4) is 0 Å². The lowest BCUT2D eigenvalue weighted by atomic mass is 10.3. The highest BCUT2D eigenvalue weighted by Crippen LogP contribution is 1.81. The van der Waals surface area contributed by atoms with Crippen molar-refractivity contribution in [2.45, 2.75) is 12.8 Å². The van der Waals surface area contributed by atoms with Crippen LogP contribution in [-0.4, -0.2) is 30.1 Å². The van der Waals surface area contributed by atoms with Crippen LogP contribution in [0, 0.1) is 0 Å². The van der Waals surface area contributed by atoms with Gasteiger partial charge in [0.05, 0.1) is 6.73 Å². The van der Waals surface area contributed by atoms with Crippen molar-refractivity contribution in [2.24, 2.45) is 0 Å². The number of aliphatic hydroxyl groups is 2. The Morgan fingerprint density at radius 1 is 1.12 bits per heavy atom. The van der Waals surface area contributed by atoms with Gasteiger partial charge in [-0.15, -0.1) is 0 Å². The molecule has 8 heavy (non-hydrogen) atoms. The Morgan fingerprint density at radius 3 is 2.38 bits per heavy atom. The molecule has 0 bridgehead atoms. The van der Waals surface area contributed by atoms with E-state index in [1.165, 1.54) is 0 Å². The van der Waals surface area contributed by atoms with E-state index < -0.39 is 0 Å². The number of nitrogens with one attached hydrogen (secondary N) is 1. The van der Waals surface area contributed by atoms with Gasteiger partial charge in [0.2, 0.25) is 0 Å². The largest absolute Gasteiger partial charge is 0.396 e. The fourth-order valence-electron chi connectivity index (χ4n) is 0.441. The summed E-state index contributed by atoms with van der Waals surface area (Å²) in [5, 5.41) is 19.2. The molecule has 0 amide bonds. The number of unbranched alkanes of at least 4 members (excludes halogenated alkanes) is 1. The number of hydrogen-bond donors (Lipinski definition) is 3. The Labute approximate surface area is 49.3 Å². The molecule has 3 nitrogen and oxygen atoms in total. The first-order valence-electron chi connectivity index (χ1n) is 2.84. The molecular formula is C5H13NO2. The van der Waals surface area contributed by atoms with Gasteiger partial charge in [-0.05, 0) is 19.4 Å². The van der Waals surface area contributed by atoms with Gasteiger partial charge in [0.15, 0.2) is 0 Å². The summed E-state index contributed by atoms with van der Waals surface area (Å²) in [7, 11) is 0. The molecular weight excluding hydrogens is 106 g/mol. The summed E-state index contributed by atoms with van der Waals surface area (Å²) >= 11 is 0. The first-order valence-corrected chi connectivity index (χ1v) is 2.84. The van der Waals surface area contributed by atoms with Crippen LogP contribution < -0.4 is 5.32 Å². The van der Waals surface area contributed by atoms with Gasteiger partial charge in [0, 0.05) is 6.61 Å². The molecule has 3 heteroatoms. The van der Waals surface area contributed by atoms with Crippen LogP contribution in [0.4, 0.5) is 0 Å². The molecule has 0 radical (unpaired) electrons. The summed E-state index contributed by atoms with van der Waals surface area (Å²) < 4.78 is 0. The van der Waals surface area contributed by atoms with Gasteiger partial charge >= 0.3 is 0 Å². The molecule has 0 aliphatic carbocycles. The highest BCUT2D eigenvalue weighted by molar-refractivity contribution is 4.40. The van der Waals surface area contributed by atoms with Gasteiger partial charge in [-0.25, -0.2) is 0 Å². The standard InChI is InChI=1S/C5H13NO2/c7-4-2-1-3-6-5-8/h6-8H,1-5H2. The summed E-state index contributed by atoms with van der Waals surface area (Å²) in [5.74, 6) is 0. The van der Waals surface area contributed by atoms with Gasteiger partial charge < -0.3 is 10.2 Å². The van der Waals surface area contributed by atoms with Crippen LogP contribution in [0.5, 0.6) is 0 Å². The normalized spacial score (nSPS) is 9.75. The molecule has 0 fully saturated rings. The fourth-order valence-corrected chi connectivity index (χ4v) is 0.441. The molecule has 0 aromatic rings. The van der Waals surface area contributed by atoms with Gasteiger partial charge in [-0.2, -0.15) is 0 Å². The average Bonchev–Trinajstić information content (AvgIpc) is 1.81. The Bertz CT molecular complexity index is 35.4. The first kappa shape index (κ1) is 7.88. The van der Waals surface area contributed by atoms with Gasteiger partial charge in [0.1, 0.15) is 0 Å². The maximum Gasteiger partial charge on any atom is 0.0931 e. The maximum atomic E-state index is 8.28. The maximum absolute atomic E-state index is 8.28. The molecule has 0 heterocycles. The quantitative estimate of drug-likeness (QED) is 0.331. The monoisotopic (exact) mass is 119 g/mol. The highest BCUT2D eigenvalue weighted by atomic mass is 16.3. The van der Waals surface area contributed by atoms with E-state index in [0.29, 0.717) is 0 Å². The lowest BCUT2D eigenvalue weighted by Gasteiger charge is -1.96. The Kier molecular flexibility index (Phi) is 6.78. The van der Waals surface area contributed by atoms with Gasteiger partial charge in [-0.1, -0.05) is 0 Å². The number of aliphatic hydroxyl groups excluding tert-OH is 2. The lowest BCUT2D eigenvalue weighted by molar-refractivity contribution is 0.251. The second kappa shape index (κ2) is 6.88. The minimum atomic E-state index is 0.0332. The van der Waals surface area contributed by atoms with Gasteiger partial charge in [-0.3, -0.25) is 5.32 Å². The predicted molar refractivity (Wildman–Crippen MR) is 31.4 cm³/mol. The van der Waals surface area contributed by atoms with Crippen LogP contribution >= 0.6 is 0 Å². The van der Waals surface area contributed by atoms with E-state index in [1.807, 2.05) is 0 Å². The third-order valence-electron chi connectivity index (χ3n) is 0.873. The van der Waals surface area contributed by atoms with E-state index in [0.717, 1.165) is 19.4 Å². The fraction of sp³-hybridized carbons (Fsp3) is 1.00. The Balaban J connectivity index is 2.53. The van der Waals surface area contributed by atoms with Crippen molar-refractivity contribution in [2.75, 3.05) is 19.9 Å². The molecule has 0 saturated carbocycles. The molecule has 0 aromatic heterocycles. The third-order valence-corrected chi connectivity index (χ3v) is 0.873. The van der Waals surface area contributed by atoms with Crippen LogP contribution in [0.15, 0.2) is 0 Å². The Hall–Kier alpha value is -0.120. The highest BCUT2D eigenvalue weighted by Gasteiger charge is 1.82. The van der Waals surface area contributed by atoms with Crippen molar-refractivity contribution in [3.05, 3.63) is 0 Å². The topological polar surface area (TPSA) is 52.5 Å². The SMILES string of the molecule is OCCCCNCO. The molecule has 0 aromatic carbocycles. The van der Waals surface area contributed by atoms with E-state index in [4.69, 9.17) is 10.2 Å². The predicted octanol–water partition coefficient (Wildman–Crippen LogP) is -0.702. The third kappa shape index (κ3) is 5.88. The minimum Gasteiger partial charge on any atom is -0.396 e. The second-order valence-electron chi connectivity index (χ2n) is 1.59. The molecule has 0 atom stereocenters. The van der Waals surface area contributed by atoms with E-state index in [2.05, 4.69) is 5.32 Å². The summed E-state index contributed by atoms with van der Waals surface area (Å²) in [6, 6.07) is 0. The molecule has 0 saturated heterocycles. The molecule has 0 spiro atoms. The van der Waals surface area contributed by atoms with E-state index in [1.54, 1.807) is 0 Å². The summed E-state index contributed by atoms with van der Waals surface area (Å²) in [6.45, 7) is 1.07. The summed E-state index contributed by atoms with van der Waals surface area (Å²) in [5.41, 5.74) is 0. The Morgan fingerprint density at radius 2 is 1.88 bits per heavy atom. The molecule has 50 valence electrons. The second-order valence-corrected chi connectivity index (χ2v) is 1.59. The van der Waals surface area contributed by atoms with E-state index in [9.17, 15) is 0 Å². The van der Waals surface area contributed by atoms with Crippen molar-refractivity contribution in [3.63, 3.8) is 0 Å². The summed E-state index contributed by atoms with van der Waals surface area (Å²) in [6.07, 6.45) is 1.74. The first-order chi connectivity index (χ1) is 3.91. The number of rotatable bonds is 5. The smallest absolute Gasteiger partial charge is 0.0931 e. The van der Waals surface area contributed by atoms with E-state index in [-0.39, 0.29) is 13.3 Å². The zero-order chi connectivity index (χ0) is 6.24. The van der Waals surface area contributed by atoms with Crippen LogP contribution in [0.2, 0.25) is 0 Å². The molecule has 0 aliphatic rings. The molecule has 0 rings (SSSR count). The van der Waals surface area contributed by atoms with Crippen LogP contribution in [0.25, 0.3) is 0 Å². The lowest BCUT2D eigenvalue weighted by Crippen LogP contribution is -2.15. The van der Waals surface area contributed by atoms with Gasteiger partial charge in [0.25, 0.3) is 0 Å². The molecule has 0 aliphatic heterocycles. The summed E-state index contributed by atoms with van der Waals surface area (Å²) in [4.78, 5) is 0. The number of hydrogen-bond acceptors (Lipinski definition) is 3. The zero-order valence-electron chi connectivity index (χ0n) is 4.93. The molecule has 3 N–H and O–H groups in total. The van der Waals surface area contributed by atoms with Crippen molar-refractivity contribution < 1.29 is 10.2 Å². The van der Waals surface area contributed by atoms with Crippen molar-refractivity contribution in [1.29, 1.82) is 0 Å². The van der Waals surface area contributed by atoms with Crippen molar-refractivity contribution in [1.82, 2.24) is 5.32 Å². The van der Waals surface area contributed by atoms with Crippen LogP contribution in [0.3, 0.4) is 0 Å². The zero-order valence-corrected chi connectivity index (χ0v) is 4.93. The molecule has 0 unspecified atom stereocenters. The minimum absolute atomic E-state index is 0.0332. The van der Waals surface area contributed by atoms with Crippen LogP contribution in [0.1, 0.15) is 12.8 Å². The average molecular weight is 119 g/mol. The van der Waals surface area contributed by atoms with E-state index >= 15 is 0 Å². The van der Waals surface area contributed by atoms with Crippen molar-refractivity contribution >= 4 is 0 Å².